The van der Waals surface area contributed by atoms with Gasteiger partial charge in [-0.15, -0.1) is 0 Å². The van der Waals surface area contributed by atoms with Crippen LogP contribution in [0.3, 0.4) is 0 Å². The van der Waals surface area contributed by atoms with Crippen molar-refractivity contribution in [2.24, 2.45) is 0 Å². The van der Waals surface area contributed by atoms with E-state index in [4.69, 9.17) is 4.74 Å². The van der Waals surface area contributed by atoms with Crippen LogP contribution >= 0.6 is 0 Å². The molecule has 0 rings (SSSR count). The predicted octanol–water partition coefficient (Wildman–Crippen LogP) is 2.72. The van der Waals surface area contributed by atoms with Gasteiger partial charge in [-0.25, -0.2) is 0 Å². The van der Waals surface area contributed by atoms with Gasteiger partial charge in [0.25, 0.3) is 0 Å². The van der Waals surface area contributed by atoms with Gasteiger partial charge in [0.05, 0.1) is 18.3 Å². The fourth-order valence-corrected chi connectivity index (χ4v) is 1.54. The van der Waals surface area contributed by atoms with Gasteiger partial charge in [0.15, 0.2) is 0 Å². The zero-order valence-corrected chi connectivity index (χ0v) is 12.3. The van der Waals surface area contributed by atoms with Crippen LogP contribution in [0.4, 0.5) is 0 Å². The zero-order chi connectivity index (χ0) is 13.3. The number of hydrogen-bond donors (Lipinski definition) is 2. The van der Waals surface area contributed by atoms with Gasteiger partial charge in [0.1, 0.15) is 0 Å². The lowest BCUT2D eigenvalue weighted by molar-refractivity contribution is -0.0483. The largest absolute Gasteiger partial charge is 0.389 e. The maximum absolute atomic E-state index is 9.75. The number of nitrogens with one attached hydrogen (secondary N) is 1. The highest BCUT2D eigenvalue weighted by atomic mass is 16.5. The Labute approximate surface area is 107 Å². The van der Waals surface area contributed by atoms with Crippen molar-refractivity contribution >= 4 is 0 Å². The third-order valence-electron chi connectivity index (χ3n) is 2.65. The van der Waals surface area contributed by atoms with Crippen LogP contribution in [0.15, 0.2) is 0 Å². The molecule has 0 aliphatic rings. The van der Waals surface area contributed by atoms with Crippen LogP contribution < -0.4 is 5.32 Å². The Balaban J connectivity index is 3.52. The Morgan fingerprint density at radius 3 is 2.41 bits per heavy atom. The average Bonchev–Trinajstić information content (AvgIpc) is 2.23. The molecule has 0 aromatic carbocycles. The highest BCUT2D eigenvalue weighted by molar-refractivity contribution is 4.67. The fraction of sp³-hybridized carbons (Fsp3) is 1.00. The molecule has 0 aliphatic carbocycles. The van der Waals surface area contributed by atoms with E-state index in [9.17, 15) is 5.11 Å². The van der Waals surface area contributed by atoms with E-state index in [0.717, 1.165) is 0 Å². The molecule has 0 saturated carbocycles. The molecule has 3 nitrogen and oxygen atoms in total. The second-order valence-electron chi connectivity index (χ2n) is 5.88. The van der Waals surface area contributed by atoms with Gasteiger partial charge in [0, 0.05) is 12.6 Å². The third kappa shape index (κ3) is 12.1. The van der Waals surface area contributed by atoms with Crippen LogP contribution in [0, 0.1) is 0 Å². The van der Waals surface area contributed by atoms with Crippen LogP contribution in [0.1, 0.15) is 60.3 Å². The van der Waals surface area contributed by atoms with Gasteiger partial charge in [-0.3, -0.25) is 0 Å². The van der Waals surface area contributed by atoms with Gasteiger partial charge in [-0.2, -0.15) is 0 Å². The first kappa shape index (κ1) is 16.9. The summed E-state index contributed by atoms with van der Waals surface area (Å²) in [6.45, 7) is 11.4. The predicted molar refractivity (Wildman–Crippen MR) is 73.3 cm³/mol. The summed E-state index contributed by atoms with van der Waals surface area (Å²) < 4.78 is 5.53. The number of aliphatic hydroxyl groups is 1. The first-order valence-electron chi connectivity index (χ1n) is 6.90. The maximum atomic E-state index is 9.75. The SMILES string of the molecule is CCCCCC(C)NCC(O)COC(C)(C)C. The topological polar surface area (TPSA) is 41.5 Å². The Morgan fingerprint density at radius 1 is 1.24 bits per heavy atom. The molecule has 3 heteroatoms. The summed E-state index contributed by atoms with van der Waals surface area (Å²) in [7, 11) is 0. The van der Waals surface area contributed by atoms with Crippen LogP contribution in [-0.2, 0) is 4.74 Å². The van der Waals surface area contributed by atoms with Crippen LogP contribution in [-0.4, -0.2) is 36.0 Å². The molecule has 0 bridgehead atoms. The summed E-state index contributed by atoms with van der Waals surface area (Å²) in [4.78, 5) is 0. The molecular formula is C14H31NO2. The van der Waals surface area contributed by atoms with E-state index in [2.05, 4.69) is 19.2 Å². The molecule has 0 fully saturated rings. The molecule has 0 radical (unpaired) electrons. The Kier molecular flexibility index (Phi) is 8.83. The van der Waals surface area contributed by atoms with Crippen molar-refractivity contribution in [3.63, 3.8) is 0 Å². The summed E-state index contributed by atoms with van der Waals surface area (Å²) in [5.74, 6) is 0. The summed E-state index contributed by atoms with van der Waals surface area (Å²) in [5.41, 5.74) is -0.173. The van der Waals surface area contributed by atoms with Crippen LogP contribution in [0.5, 0.6) is 0 Å². The molecular weight excluding hydrogens is 214 g/mol. The van der Waals surface area contributed by atoms with E-state index < -0.39 is 6.10 Å². The molecule has 17 heavy (non-hydrogen) atoms. The molecule has 104 valence electrons. The number of ether oxygens (including phenoxy) is 1. The van der Waals surface area contributed by atoms with Gasteiger partial charge in [-0.1, -0.05) is 26.2 Å². The molecule has 0 aliphatic heterocycles. The molecule has 0 amide bonds. The third-order valence-corrected chi connectivity index (χ3v) is 2.65. The number of unbranched alkanes of at least 4 members (excludes halogenated alkanes) is 2. The number of rotatable bonds is 9. The lowest BCUT2D eigenvalue weighted by atomic mass is 10.1. The first-order chi connectivity index (χ1) is 7.85. The number of hydrogen-bond acceptors (Lipinski definition) is 3. The standard InChI is InChI=1S/C14H31NO2/c1-6-7-8-9-12(2)15-10-13(16)11-17-14(3,4)5/h12-13,15-16H,6-11H2,1-5H3. The minimum atomic E-state index is -0.414. The second-order valence-corrected chi connectivity index (χ2v) is 5.88. The Morgan fingerprint density at radius 2 is 1.88 bits per heavy atom. The smallest absolute Gasteiger partial charge is 0.0898 e. The van der Waals surface area contributed by atoms with Crippen LogP contribution in [0.2, 0.25) is 0 Å². The summed E-state index contributed by atoms with van der Waals surface area (Å²) in [6.07, 6.45) is 4.58. The Hall–Kier alpha value is -0.120. The zero-order valence-electron chi connectivity index (χ0n) is 12.3. The van der Waals surface area contributed by atoms with Gasteiger partial charge in [-0.05, 0) is 34.1 Å². The van der Waals surface area contributed by atoms with E-state index in [-0.39, 0.29) is 5.60 Å². The molecule has 0 saturated heterocycles. The lowest BCUT2D eigenvalue weighted by Crippen LogP contribution is -2.37. The minimum absolute atomic E-state index is 0.173. The van der Waals surface area contributed by atoms with Gasteiger partial charge >= 0.3 is 0 Å². The summed E-state index contributed by atoms with van der Waals surface area (Å²) >= 11 is 0. The van der Waals surface area contributed by atoms with Crippen molar-refractivity contribution in [3.05, 3.63) is 0 Å². The molecule has 2 unspecified atom stereocenters. The Bertz CT molecular complexity index is 178. The van der Waals surface area contributed by atoms with E-state index in [1.165, 1.54) is 25.7 Å². The van der Waals surface area contributed by atoms with E-state index in [1.807, 2.05) is 20.8 Å². The highest BCUT2D eigenvalue weighted by Gasteiger charge is 2.13. The van der Waals surface area contributed by atoms with E-state index in [1.54, 1.807) is 0 Å². The molecule has 2 atom stereocenters. The summed E-state index contributed by atoms with van der Waals surface area (Å²) in [5, 5.41) is 13.1. The van der Waals surface area contributed by atoms with Gasteiger partial charge in [0.2, 0.25) is 0 Å². The normalized spacial score (nSPS) is 15.9. The lowest BCUT2D eigenvalue weighted by Gasteiger charge is -2.23. The van der Waals surface area contributed by atoms with Crippen molar-refractivity contribution in [1.29, 1.82) is 0 Å². The average molecular weight is 245 g/mol. The van der Waals surface area contributed by atoms with Crippen molar-refractivity contribution < 1.29 is 9.84 Å². The van der Waals surface area contributed by atoms with Crippen molar-refractivity contribution in [2.75, 3.05) is 13.2 Å². The van der Waals surface area contributed by atoms with Crippen molar-refractivity contribution in [2.45, 2.75) is 78.0 Å². The van der Waals surface area contributed by atoms with Gasteiger partial charge < -0.3 is 15.2 Å². The molecule has 0 spiro atoms. The molecule has 0 heterocycles. The molecule has 0 aromatic heterocycles. The van der Waals surface area contributed by atoms with Crippen molar-refractivity contribution in [3.8, 4) is 0 Å². The summed E-state index contributed by atoms with van der Waals surface area (Å²) in [6, 6.07) is 0.478. The van der Waals surface area contributed by atoms with E-state index >= 15 is 0 Å². The highest BCUT2D eigenvalue weighted by Crippen LogP contribution is 2.07. The quantitative estimate of drug-likeness (QED) is 0.614. The van der Waals surface area contributed by atoms with Crippen LogP contribution in [0.25, 0.3) is 0 Å². The first-order valence-corrected chi connectivity index (χ1v) is 6.90. The second kappa shape index (κ2) is 8.90. The number of aliphatic hydroxyl groups excluding tert-OH is 1. The molecule has 2 N–H and O–H groups in total. The maximum Gasteiger partial charge on any atom is 0.0898 e. The fourth-order valence-electron chi connectivity index (χ4n) is 1.54. The minimum Gasteiger partial charge on any atom is -0.389 e. The van der Waals surface area contributed by atoms with Crippen molar-refractivity contribution in [1.82, 2.24) is 5.32 Å². The monoisotopic (exact) mass is 245 g/mol. The molecule has 0 aromatic rings. The van der Waals surface area contributed by atoms with E-state index in [0.29, 0.717) is 19.2 Å².